The van der Waals surface area contributed by atoms with E-state index in [9.17, 15) is 14.9 Å². The Kier molecular flexibility index (Phi) is 4.33. The van der Waals surface area contributed by atoms with Crippen molar-refractivity contribution in [3.05, 3.63) is 76.0 Å². The van der Waals surface area contributed by atoms with E-state index >= 15 is 0 Å². The standard InChI is InChI=1S/C17H14N4O3/c22-17(10-14-9-13-3-1-2-4-16(13)19-14)20-18-11-12-5-7-15(8-6-12)21(23)24/h1-9,11,19H,10H2,(H,20,22)/b18-11-. The number of nitro groups is 1. The Morgan fingerprint density at radius 2 is 1.96 bits per heavy atom. The average Bonchev–Trinajstić information content (AvgIpc) is 2.97. The van der Waals surface area contributed by atoms with Crippen LogP contribution in [0.4, 0.5) is 5.69 Å². The molecule has 0 saturated carbocycles. The molecule has 0 unspecified atom stereocenters. The number of nitrogens with zero attached hydrogens (tertiary/aromatic N) is 2. The van der Waals surface area contributed by atoms with Gasteiger partial charge in [0.25, 0.3) is 5.69 Å². The maximum Gasteiger partial charge on any atom is 0.269 e. The molecule has 2 aromatic carbocycles. The number of para-hydroxylation sites is 1. The highest BCUT2D eigenvalue weighted by Crippen LogP contribution is 2.14. The van der Waals surface area contributed by atoms with Crippen molar-refractivity contribution in [2.75, 3.05) is 0 Å². The third kappa shape index (κ3) is 3.64. The smallest absolute Gasteiger partial charge is 0.269 e. The Labute approximate surface area is 137 Å². The molecule has 2 N–H and O–H groups in total. The molecule has 120 valence electrons. The van der Waals surface area contributed by atoms with Gasteiger partial charge in [-0.15, -0.1) is 0 Å². The van der Waals surface area contributed by atoms with E-state index < -0.39 is 4.92 Å². The van der Waals surface area contributed by atoms with Crippen LogP contribution in [0.25, 0.3) is 10.9 Å². The molecule has 0 aliphatic carbocycles. The zero-order valence-electron chi connectivity index (χ0n) is 12.6. The van der Waals surface area contributed by atoms with Crippen LogP contribution in [0.5, 0.6) is 0 Å². The number of nitrogens with one attached hydrogen (secondary N) is 2. The third-order valence-electron chi connectivity index (χ3n) is 3.44. The number of amides is 1. The zero-order chi connectivity index (χ0) is 16.9. The molecular formula is C17H14N4O3. The van der Waals surface area contributed by atoms with Crippen molar-refractivity contribution >= 4 is 28.7 Å². The van der Waals surface area contributed by atoms with Gasteiger partial charge in [0, 0.05) is 23.3 Å². The Balaban J connectivity index is 1.57. The number of non-ortho nitro benzene ring substituents is 1. The lowest BCUT2D eigenvalue weighted by Crippen LogP contribution is -2.19. The van der Waals surface area contributed by atoms with E-state index in [4.69, 9.17) is 0 Å². The number of rotatable bonds is 5. The predicted molar refractivity (Wildman–Crippen MR) is 90.8 cm³/mol. The van der Waals surface area contributed by atoms with Gasteiger partial charge in [-0.05, 0) is 35.2 Å². The summed E-state index contributed by atoms with van der Waals surface area (Å²) in [5.74, 6) is -0.250. The molecule has 0 spiro atoms. The number of hydrogen-bond donors (Lipinski definition) is 2. The molecule has 0 saturated heterocycles. The highest BCUT2D eigenvalue weighted by atomic mass is 16.6. The molecule has 0 aliphatic heterocycles. The average molecular weight is 322 g/mol. The molecule has 1 amide bonds. The van der Waals surface area contributed by atoms with E-state index in [0.29, 0.717) is 5.56 Å². The van der Waals surface area contributed by atoms with Crippen molar-refractivity contribution < 1.29 is 9.72 Å². The maximum absolute atomic E-state index is 11.9. The van der Waals surface area contributed by atoms with Crippen LogP contribution in [-0.2, 0) is 11.2 Å². The molecule has 0 aliphatic rings. The Hall–Kier alpha value is -3.48. The summed E-state index contributed by atoms with van der Waals surface area (Å²) >= 11 is 0. The van der Waals surface area contributed by atoms with Crippen LogP contribution >= 0.6 is 0 Å². The lowest BCUT2D eigenvalue weighted by Gasteiger charge is -1.98. The minimum Gasteiger partial charge on any atom is -0.358 e. The fraction of sp³-hybridized carbons (Fsp3) is 0.0588. The number of hydrazone groups is 1. The molecule has 1 heterocycles. The van der Waals surface area contributed by atoms with E-state index in [1.807, 2.05) is 30.3 Å². The van der Waals surface area contributed by atoms with Crippen molar-refractivity contribution in [1.29, 1.82) is 0 Å². The first-order valence-electron chi connectivity index (χ1n) is 7.25. The van der Waals surface area contributed by atoms with E-state index in [2.05, 4.69) is 15.5 Å². The van der Waals surface area contributed by atoms with Crippen LogP contribution < -0.4 is 5.43 Å². The highest BCUT2D eigenvalue weighted by molar-refractivity contribution is 5.85. The second-order valence-corrected chi connectivity index (χ2v) is 5.20. The molecule has 0 fully saturated rings. The van der Waals surface area contributed by atoms with Crippen molar-refractivity contribution in [3.63, 3.8) is 0 Å². The molecule has 24 heavy (non-hydrogen) atoms. The minimum absolute atomic E-state index is 0.00926. The van der Waals surface area contributed by atoms with Gasteiger partial charge in [-0.25, -0.2) is 5.43 Å². The van der Waals surface area contributed by atoms with Crippen molar-refractivity contribution in [2.45, 2.75) is 6.42 Å². The lowest BCUT2D eigenvalue weighted by molar-refractivity contribution is -0.384. The quantitative estimate of drug-likeness (QED) is 0.429. The van der Waals surface area contributed by atoms with Gasteiger partial charge >= 0.3 is 0 Å². The molecule has 3 rings (SSSR count). The van der Waals surface area contributed by atoms with Gasteiger partial charge in [0.2, 0.25) is 5.91 Å². The molecular weight excluding hydrogens is 308 g/mol. The van der Waals surface area contributed by atoms with E-state index in [1.54, 1.807) is 12.1 Å². The molecule has 3 aromatic rings. The molecule has 0 atom stereocenters. The Morgan fingerprint density at radius 3 is 2.67 bits per heavy atom. The first-order valence-corrected chi connectivity index (χ1v) is 7.25. The van der Waals surface area contributed by atoms with Crippen molar-refractivity contribution in [2.24, 2.45) is 5.10 Å². The first kappa shape index (κ1) is 15.4. The van der Waals surface area contributed by atoms with Gasteiger partial charge in [0.15, 0.2) is 0 Å². The molecule has 1 aromatic heterocycles. The Bertz CT molecular complexity index is 880. The summed E-state index contributed by atoms with van der Waals surface area (Å²) in [7, 11) is 0. The summed E-state index contributed by atoms with van der Waals surface area (Å²) in [6.07, 6.45) is 1.62. The Morgan fingerprint density at radius 1 is 1.21 bits per heavy atom. The number of nitro benzene ring substituents is 1. The molecule has 7 nitrogen and oxygen atoms in total. The zero-order valence-corrected chi connectivity index (χ0v) is 12.6. The van der Waals surface area contributed by atoms with Gasteiger partial charge in [-0.1, -0.05) is 18.2 Å². The number of carbonyl (C=O) groups is 1. The maximum atomic E-state index is 11.9. The van der Waals surface area contributed by atoms with E-state index in [1.165, 1.54) is 18.3 Å². The minimum atomic E-state index is -0.469. The first-order chi connectivity index (χ1) is 11.6. The molecule has 0 radical (unpaired) electrons. The normalized spacial score (nSPS) is 11.0. The summed E-state index contributed by atoms with van der Waals surface area (Å²) in [6.45, 7) is 0. The summed E-state index contributed by atoms with van der Waals surface area (Å²) in [5.41, 5.74) is 4.89. The number of benzene rings is 2. The monoisotopic (exact) mass is 322 g/mol. The van der Waals surface area contributed by atoms with Crippen LogP contribution in [0.3, 0.4) is 0 Å². The third-order valence-corrected chi connectivity index (χ3v) is 3.44. The molecule has 7 heteroatoms. The summed E-state index contributed by atoms with van der Waals surface area (Å²) < 4.78 is 0. The fourth-order valence-corrected chi connectivity index (χ4v) is 2.30. The molecule has 0 bridgehead atoms. The SMILES string of the molecule is O=C(Cc1cc2ccccc2[nH]1)N/N=C\c1ccc([N+](=O)[O-])cc1. The summed E-state index contributed by atoms with van der Waals surface area (Å²) in [4.78, 5) is 25.2. The largest absolute Gasteiger partial charge is 0.358 e. The van der Waals surface area contributed by atoms with E-state index in [0.717, 1.165) is 16.6 Å². The highest BCUT2D eigenvalue weighted by Gasteiger charge is 2.06. The second-order valence-electron chi connectivity index (χ2n) is 5.20. The van der Waals surface area contributed by atoms with Gasteiger partial charge in [0.1, 0.15) is 0 Å². The van der Waals surface area contributed by atoms with Crippen LogP contribution in [0.15, 0.2) is 59.7 Å². The lowest BCUT2D eigenvalue weighted by atomic mass is 10.2. The summed E-state index contributed by atoms with van der Waals surface area (Å²) in [6, 6.07) is 15.6. The van der Waals surface area contributed by atoms with Crippen molar-refractivity contribution in [1.82, 2.24) is 10.4 Å². The van der Waals surface area contributed by atoms with E-state index in [-0.39, 0.29) is 18.0 Å². The number of aromatic amines is 1. The van der Waals surface area contributed by atoms with Gasteiger partial charge in [-0.3, -0.25) is 14.9 Å². The van der Waals surface area contributed by atoms with Crippen LogP contribution in [0, 0.1) is 10.1 Å². The van der Waals surface area contributed by atoms with Crippen molar-refractivity contribution in [3.8, 4) is 0 Å². The van der Waals surface area contributed by atoms with Gasteiger partial charge < -0.3 is 4.98 Å². The summed E-state index contributed by atoms with van der Waals surface area (Å²) in [5, 5.41) is 15.5. The topological polar surface area (TPSA) is 100 Å². The predicted octanol–water partition coefficient (Wildman–Crippen LogP) is 2.77. The number of aromatic nitrogens is 1. The second kappa shape index (κ2) is 6.74. The van der Waals surface area contributed by atoms with Crippen LogP contribution in [0.2, 0.25) is 0 Å². The van der Waals surface area contributed by atoms with Crippen LogP contribution in [-0.4, -0.2) is 22.0 Å². The van der Waals surface area contributed by atoms with Crippen LogP contribution in [0.1, 0.15) is 11.3 Å². The number of hydrogen-bond acceptors (Lipinski definition) is 4. The van der Waals surface area contributed by atoms with Gasteiger partial charge in [-0.2, -0.15) is 5.10 Å². The number of H-pyrrole nitrogens is 1. The number of carbonyl (C=O) groups excluding carboxylic acids is 1. The number of fused-ring (bicyclic) bond motifs is 1. The van der Waals surface area contributed by atoms with Gasteiger partial charge in [0.05, 0.1) is 17.6 Å². The fourth-order valence-electron chi connectivity index (χ4n) is 2.30.